The van der Waals surface area contributed by atoms with E-state index in [1.807, 2.05) is 6.07 Å². The summed E-state index contributed by atoms with van der Waals surface area (Å²) in [5.74, 6) is -2.51. The second-order valence-corrected chi connectivity index (χ2v) is 7.15. The van der Waals surface area contributed by atoms with Gasteiger partial charge in [-0.15, -0.1) is 0 Å². The minimum atomic E-state index is -1.82. The van der Waals surface area contributed by atoms with Gasteiger partial charge in [-0.3, -0.25) is 9.80 Å². The van der Waals surface area contributed by atoms with Gasteiger partial charge in [0.15, 0.2) is 0 Å². The molecule has 1 heterocycles. The standard InChI is InChI=1S/C20H26N2O2.C2H2O4/c1-16-4-3-5-17(12-16)14-21-8-10-22(11-9-21)15-18-13-19(24-2)6-7-20(18)23;3-1(4)2(5)6/h3-7,12-13,23H,8-11,14-15H2,1-2H3;(H,3,4)(H,5,6). The second-order valence-electron chi connectivity index (χ2n) is 7.15. The normalized spacial score (nSPS) is 14.5. The summed E-state index contributed by atoms with van der Waals surface area (Å²) in [7, 11) is 1.65. The van der Waals surface area contributed by atoms with E-state index >= 15 is 0 Å². The van der Waals surface area contributed by atoms with E-state index < -0.39 is 11.9 Å². The number of carboxylic acids is 2. The average Bonchev–Trinajstić information content (AvgIpc) is 2.71. The summed E-state index contributed by atoms with van der Waals surface area (Å²) < 4.78 is 5.25. The maximum atomic E-state index is 10.0. The predicted molar refractivity (Wildman–Crippen MR) is 112 cm³/mol. The molecule has 2 aromatic rings. The summed E-state index contributed by atoms with van der Waals surface area (Å²) in [6.45, 7) is 8.06. The van der Waals surface area contributed by atoms with E-state index in [0.29, 0.717) is 5.75 Å². The van der Waals surface area contributed by atoms with Gasteiger partial charge in [0.25, 0.3) is 0 Å². The number of carbonyl (C=O) groups is 2. The molecule has 0 radical (unpaired) electrons. The van der Waals surface area contributed by atoms with Crippen LogP contribution >= 0.6 is 0 Å². The molecule has 3 rings (SSSR count). The number of hydrogen-bond acceptors (Lipinski definition) is 6. The fraction of sp³-hybridized carbons (Fsp3) is 0.364. The van der Waals surface area contributed by atoms with E-state index in [-0.39, 0.29) is 0 Å². The minimum absolute atomic E-state index is 0.345. The van der Waals surface area contributed by atoms with Crippen LogP contribution in [0, 0.1) is 6.92 Å². The highest BCUT2D eigenvalue weighted by molar-refractivity contribution is 6.27. The van der Waals surface area contributed by atoms with Crippen LogP contribution in [0.3, 0.4) is 0 Å². The third-order valence-corrected chi connectivity index (χ3v) is 4.82. The van der Waals surface area contributed by atoms with Crippen molar-refractivity contribution in [3.05, 3.63) is 59.2 Å². The number of nitrogens with zero attached hydrogens (tertiary/aromatic N) is 2. The number of benzene rings is 2. The monoisotopic (exact) mass is 416 g/mol. The van der Waals surface area contributed by atoms with E-state index in [4.69, 9.17) is 24.5 Å². The van der Waals surface area contributed by atoms with Crippen molar-refractivity contribution in [3.8, 4) is 11.5 Å². The topological polar surface area (TPSA) is 111 Å². The molecule has 0 amide bonds. The fourth-order valence-corrected chi connectivity index (χ4v) is 3.23. The molecule has 2 aromatic carbocycles. The molecule has 0 aromatic heterocycles. The third kappa shape index (κ3) is 7.38. The lowest BCUT2D eigenvalue weighted by molar-refractivity contribution is -0.159. The Kier molecular flexibility index (Phi) is 8.64. The van der Waals surface area contributed by atoms with Gasteiger partial charge >= 0.3 is 11.9 Å². The van der Waals surface area contributed by atoms with Gasteiger partial charge in [0.2, 0.25) is 0 Å². The van der Waals surface area contributed by atoms with E-state index in [0.717, 1.165) is 50.6 Å². The van der Waals surface area contributed by atoms with Crippen LogP contribution in [0.5, 0.6) is 11.5 Å². The Bertz CT molecular complexity index is 850. The van der Waals surface area contributed by atoms with Crippen LogP contribution in [0.25, 0.3) is 0 Å². The first-order valence-corrected chi connectivity index (χ1v) is 9.61. The van der Waals surface area contributed by atoms with E-state index in [1.165, 1.54) is 11.1 Å². The largest absolute Gasteiger partial charge is 0.508 e. The third-order valence-electron chi connectivity index (χ3n) is 4.82. The number of aromatic hydroxyl groups is 1. The molecule has 30 heavy (non-hydrogen) atoms. The molecule has 1 saturated heterocycles. The maximum absolute atomic E-state index is 10.0. The van der Waals surface area contributed by atoms with Gasteiger partial charge in [-0.25, -0.2) is 9.59 Å². The molecule has 0 bridgehead atoms. The Morgan fingerprint density at radius 1 is 0.933 bits per heavy atom. The molecule has 1 aliphatic heterocycles. The van der Waals surface area contributed by atoms with Gasteiger partial charge in [-0.1, -0.05) is 29.8 Å². The van der Waals surface area contributed by atoms with Gasteiger partial charge in [0, 0.05) is 44.8 Å². The second kappa shape index (κ2) is 11.2. The molecule has 0 atom stereocenters. The Balaban J connectivity index is 0.000000469. The average molecular weight is 416 g/mol. The van der Waals surface area contributed by atoms with Crippen molar-refractivity contribution < 1.29 is 29.6 Å². The van der Waals surface area contributed by atoms with Crippen LogP contribution in [0.4, 0.5) is 0 Å². The van der Waals surface area contributed by atoms with Gasteiger partial charge in [0.05, 0.1) is 7.11 Å². The zero-order valence-electron chi connectivity index (χ0n) is 17.2. The molecule has 8 heteroatoms. The van der Waals surface area contributed by atoms with Crippen molar-refractivity contribution in [1.29, 1.82) is 0 Å². The van der Waals surface area contributed by atoms with Crippen molar-refractivity contribution in [2.45, 2.75) is 20.0 Å². The first-order valence-electron chi connectivity index (χ1n) is 9.61. The number of hydrogen-bond donors (Lipinski definition) is 3. The van der Waals surface area contributed by atoms with Crippen molar-refractivity contribution in [2.24, 2.45) is 0 Å². The predicted octanol–water partition coefficient (Wildman–Crippen LogP) is 2.18. The summed E-state index contributed by atoms with van der Waals surface area (Å²) >= 11 is 0. The number of phenolic OH excluding ortho intramolecular Hbond substituents is 1. The van der Waals surface area contributed by atoms with Gasteiger partial charge in [-0.05, 0) is 30.7 Å². The van der Waals surface area contributed by atoms with E-state index in [2.05, 4.69) is 41.0 Å². The minimum Gasteiger partial charge on any atom is -0.508 e. The molecule has 1 aliphatic rings. The van der Waals surface area contributed by atoms with Gasteiger partial charge in [-0.2, -0.15) is 0 Å². The molecule has 1 fully saturated rings. The van der Waals surface area contributed by atoms with Gasteiger partial charge < -0.3 is 20.1 Å². The quantitative estimate of drug-likeness (QED) is 0.636. The molecule has 8 nitrogen and oxygen atoms in total. The van der Waals surface area contributed by atoms with Crippen molar-refractivity contribution >= 4 is 11.9 Å². The molecular formula is C22H28N2O6. The molecule has 162 valence electrons. The van der Waals surface area contributed by atoms with Crippen molar-refractivity contribution in [1.82, 2.24) is 9.80 Å². The fourth-order valence-electron chi connectivity index (χ4n) is 3.23. The lowest BCUT2D eigenvalue weighted by atomic mass is 10.1. The Morgan fingerprint density at radius 3 is 2.07 bits per heavy atom. The van der Waals surface area contributed by atoms with Gasteiger partial charge in [0.1, 0.15) is 11.5 Å². The number of aryl methyl sites for hydroxylation is 1. The van der Waals surface area contributed by atoms with Crippen LogP contribution in [0.1, 0.15) is 16.7 Å². The smallest absolute Gasteiger partial charge is 0.414 e. The summed E-state index contributed by atoms with van der Waals surface area (Å²) in [6.07, 6.45) is 0. The maximum Gasteiger partial charge on any atom is 0.414 e. The number of methoxy groups -OCH3 is 1. The van der Waals surface area contributed by atoms with E-state index in [1.54, 1.807) is 19.2 Å². The van der Waals surface area contributed by atoms with Crippen LogP contribution in [0.2, 0.25) is 0 Å². The highest BCUT2D eigenvalue weighted by atomic mass is 16.5. The highest BCUT2D eigenvalue weighted by Gasteiger charge is 2.18. The summed E-state index contributed by atoms with van der Waals surface area (Å²) in [6, 6.07) is 14.2. The van der Waals surface area contributed by atoms with Crippen LogP contribution in [0.15, 0.2) is 42.5 Å². The lowest BCUT2D eigenvalue weighted by Gasteiger charge is -2.35. The number of aliphatic carboxylic acids is 2. The first-order chi connectivity index (χ1) is 14.3. The molecule has 0 saturated carbocycles. The Labute approximate surface area is 175 Å². The zero-order chi connectivity index (χ0) is 22.1. The van der Waals surface area contributed by atoms with E-state index in [9.17, 15) is 5.11 Å². The van der Waals surface area contributed by atoms with Crippen molar-refractivity contribution in [3.63, 3.8) is 0 Å². The molecule has 0 spiro atoms. The zero-order valence-corrected chi connectivity index (χ0v) is 17.2. The number of piperazine rings is 1. The SMILES string of the molecule is COc1ccc(O)c(CN2CCN(Cc3cccc(C)c3)CC2)c1.O=C(O)C(=O)O. The first kappa shape index (κ1) is 23.2. The summed E-state index contributed by atoms with van der Waals surface area (Å²) in [5.41, 5.74) is 3.63. The number of carboxylic acid groups (broad SMARTS) is 2. The number of rotatable bonds is 5. The summed E-state index contributed by atoms with van der Waals surface area (Å²) in [4.78, 5) is 23.1. The molecular weight excluding hydrogens is 388 g/mol. The van der Waals surface area contributed by atoms with Crippen LogP contribution in [-0.4, -0.2) is 70.3 Å². The number of phenols is 1. The Morgan fingerprint density at radius 2 is 1.53 bits per heavy atom. The van der Waals surface area contributed by atoms with Crippen LogP contribution < -0.4 is 4.74 Å². The molecule has 0 unspecified atom stereocenters. The molecule has 0 aliphatic carbocycles. The summed E-state index contributed by atoms with van der Waals surface area (Å²) in [5, 5.41) is 24.8. The Hall–Kier alpha value is -3.10. The van der Waals surface area contributed by atoms with Crippen molar-refractivity contribution in [2.75, 3.05) is 33.3 Å². The number of ether oxygens (including phenoxy) is 1. The molecule has 3 N–H and O–H groups in total. The lowest BCUT2D eigenvalue weighted by Crippen LogP contribution is -2.45. The highest BCUT2D eigenvalue weighted by Crippen LogP contribution is 2.24. The van der Waals surface area contributed by atoms with Crippen LogP contribution in [-0.2, 0) is 22.7 Å².